The van der Waals surface area contributed by atoms with Crippen molar-refractivity contribution in [2.45, 2.75) is 68.6 Å². The van der Waals surface area contributed by atoms with Crippen LogP contribution in [0.25, 0.3) is 5.32 Å². The Hall–Kier alpha value is -4.37. The first kappa shape index (κ1) is 33.5. The third-order valence-corrected chi connectivity index (χ3v) is 13.2. The minimum Gasteiger partial charge on any atom is -0.653 e. The normalized spacial score (nSPS) is 29.3. The van der Waals surface area contributed by atoms with Crippen LogP contribution >= 0.6 is 11.8 Å². The number of phenols is 2. The van der Waals surface area contributed by atoms with Gasteiger partial charge in [-0.25, -0.2) is 0 Å². The molecule has 4 N–H and O–H groups in total. The van der Waals surface area contributed by atoms with Crippen LogP contribution in [-0.4, -0.2) is 85.5 Å². The molecule has 3 aromatic carbocycles. The molecule has 52 heavy (non-hydrogen) atoms. The van der Waals surface area contributed by atoms with Gasteiger partial charge in [0.05, 0.1) is 20.3 Å². The smallest absolute Gasteiger partial charge is 0.308 e. The standard InChI is InChI=1S/C38H41N4O9S/c1-16-8-20-9-21-12-39-29(26(20)31(45)32(16)48-5)30-36-28-27(35-34(49-15-50-35)17(2)33(28)51-18(3)43)23(42(21)30)13-40-37(46)38(14-52-36)22-11-25(47-4)24(44)10-19(22)6-7-41-38/h8,10-11,21,23,29-30,36,41,44-45H,6-7,9,12-15H2,1-5H3,(H,40,46)/q-1/t21?,23-,29?,30?,36+,38+/m0/s1. The molecular formula is C38H41N4O9S-. The first-order valence-corrected chi connectivity index (χ1v) is 18.7. The zero-order valence-electron chi connectivity index (χ0n) is 29.6. The zero-order valence-corrected chi connectivity index (χ0v) is 30.4. The van der Waals surface area contributed by atoms with Crippen molar-refractivity contribution in [2.24, 2.45) is 0 Å². The van der Waals surface area contributed by atoms with Crippen molar-refractivity contribution in [1.82, 2.24) is 15.5 Å². The third kappa shape index (κ3) is 4.60. The van der Waals surface area contributed by atoms with Gasteiger partial charge in [-0.15, -0.1) is 18.3 Å². The van der Waals surface area contributed by atoms with E-state index >= 15 is 0 Å². The summed E-state index contributed by atoms with van der Waals surface area (Å²) in [5.41, 5.74) is 5.32. The van der Waals surface area contributed by atoms with Gasteiger partial charge in [0.1, 0.15) is 11.3 Å². The van der Waals surface area contributed by atoms with Gasteiger partial charge in [-0.1, -0.05) is 12.1 Å². The molecule has 3 aromatic rings. The summed E-state index contributed by atoms with van der Waals surface area (Å²) in [4.78, 5) is 30.1. The molecule has 4 bridgehead atoms. The lowest BCUT2D eigenvalue weighted by atomic mass is 9.78. The van der Waals surface area contributed by atoms with Crippen molar-refractivity contribution in [2.75, 3.05) is 46.4 Å². The number of fused-ring (bicyclic) bond motifs is 6. The molecule has 0 aromatic heterocycles. The lowest BCUT2D eigenvalue weighted by Gasteiger charge is -2.61. The van der Waals surface area contributed by atoms with Gasteiger partial charge < -0.3 is 44.5 Å². The number of aryl methyl sites for hydroxylation is 1. The fourth-order valence-corrected chi connectivity index (χ4v) is 11.4. The average molecular weight is 730 g/mol. The summed E-state index contributed by atoms with van der Waals surface area (Å²) in [6.45, 7) is 6.47. The molecule has 4 unspecified atom stereocenters. The van der Waals surface area contributed by atoms with Crippen LogP contribution in [0.3, 0.4) is 0 Å². The first-order chi connectivity index (χ1) is 25.1. The predicted octanol–water partition coefficient (Wildman–Crippen LogP) is 4.11. The van der Waals surface area contributed by atoms with E-state index < -0.39 is 28.8 Å². The van der Waals surface area contributed by atoms with E-state index in [4.69, 9.17) is 29.0 Å². The van der Waals surface area contributed by atoms with Gasteiger partial charge in [0, 0.05) is 53.7 Å². The van der Waals surface area contributed by atoms with E-state index in [-0.39, 0.29) is 54.3 Å². The van der Waals surface area contributed by atoms with Crippen LogP contribution in [0.1, 0.15) is 68.8 Å². The minimum absolute atomic E-state index is 0.0186. The number of nitrogens with one attached hydrogen (secondary N) is 2. The number of thioether (sulfide) groups is 1. The number of amides is 1. The second-order valence-corrected chi connectivity index (χ2v) is 15.5. The number of phenolic OH excluding ortho intramolecular Hbond substituents is 2. The summed E-state index contributed by atoms with van der Waals surface area (Å²) in [6.07, 6.45) is 1.25. The number of hydrogen-bond donors (Lipinski definition) is 4. The average Bonchev–Trinajstić information content (AvgIpc) is 3.48. The van der Waals surface area contributed by atoms with Crippen molar-refractivity contribution in [3.63, 3.8) is 0 Å². The highest BCUT2D eigenvalue weighted by molar-refractivity contribution is 7.99. The van der Waals surface area contributed by atoms with Crippen molar-refractivity contribution in [3.05, 3.63) is 68.0 Å². The Kier molecular flexibility index (Phi) is 7.78. The molecule has 8 aliphatic heterocycles. The Morgan fingerprint density at radius 3 is 2.63 bits per heavy atom. The molecule has 0 radical (unpaired) electrons. The van der Waals surface area contributed by atoms with Crippen LogP contribution < -0.4 is 34.3 Å². The summed E-state index contributed by atoms with van der Waals surface area (Å²) in [5, 5.41) is 34.4. The number of nitrogens with zero attached hydrogens (tertiary/aromatic N) is 2. The van der Waals surface area contributed by atoms with Crippen LogP contribution in [0.4, 0.5) is 0 Å². The van der Waals surface area contributed by atoms with Crippen LogP contribution in [0, 0.1) is 13.8 Å². The summed E-state index contributed by atoms with van der Waals surface area (Å²) in [6, 6.07) is 4.26. The van der Waals surface area contributed by atoms with Crippen LogP contribution in [-0.2, 0) is 28.0 Å². The lowest BCUT2D eigenvalue weighted by molar-refractivity contribution is -0.132. The van der Waals surface area contributed by atoms with Gasteiger partial charge >= 0.3 is 5.97 Å². The van der Waals surface area contributed by atoms with E-state index in [1.165, 1.54) is 14.0 Å². The molecule has 13 nitrogen and oxygen atoms in total. The second-order valence-electron chi connectivity index (χ2n) is 14.4. The molecule has 7 atom stereocenters. The van der Waals surface area contributed by atoms with Crippen molar-refractivity contribution in [1.29, 1.82) is 0 Å². The highest BCUT2D eigenvalue weighted by Gasteiger charge is 2.55. The van der Waals surface area contributed by atoms with Gasteiger partial charge in [-0.2, -0.15) is 0 Å². The fraction of sp³-hybridized carbons (Fsp3) is 0.474. The number of aromatic hydroxyl groups is 2. The number of carbonyl (C=O) groups is 2. The molecule has 11 rings (SSSR count). The van der Waals surface area contributed by atoms with Crippen molar-refractivity contribution < 1.29 is 43.5 Å². The van der Waals surface area contributed by atoms with E-state index in [9.17, 15) is 19.8 Å². The Labute approximate surface area is 305 Å². The van der Waals surface area contributed by atoms with Gasteiger partial charge in [0.25, 0.3) is 0 Å². The molecule has 1 spiro atoms. The molecule has 14 heteroatoms. The van der Waals surface area contributed by atoms with E-state index in [1.807, 2.05) is 13.8 Å². The highest BCUT2D eigenvalue weighted by atomic mass is 32.2. The maximum Gasteiger partial charge on any atom is 0.308 e. The van der Waals surface area contributed by atoms with Crippen molar-refractivity contribution >= 4 is 23.6 Å². The molecule has 2 fully saturated rings. The van der Waals surface area contributed by atoms with Gasteiger partial charge in [-0.05, 0) is 72.7 Å². The number of methoxy groups -OCH3 is 2. The quantitative estimate of drug-likeness (QED) is 0.226. The zero-order chi connectivity index (χ0) is 36.2. The van der Waals surface area contributed by atoms with E-state index in [0.717, 1.165) is 38.9 Å². The summed E-state index contributed by atoms with van der Waals surface area (Å²) in [7, 11) is 3.06. The highest BCUT2D eigenvalue weighted by Crippen LogP contribution is 2.64. The first-order valence-electron chi connectivity index (χ1n) is 17.6. The Bertz CT molecular complexity index is 2060. The molecule has 8 heterocycles. The summed E-state index contributed by atoms with van der Waals surface area (Å²) < 4.78 is 29.7. The van der Waals surface area contributed by atoms with Gasteiger partial charge in [-0.3, -0.25) is 19.8 Å². The molecule has 1 amide bonds. The maximum absolute atomic E-state index is 14.8. The van der Waals surface area contributed by atoms with E-state index in [1.54, 1.807) is 31.0 Å². The third-order valence-electron chi connectivity index (χ3n) is 11.7. The van der Waals surface area contributed by atoms with Crippen LogP contribution in [0.15, 0.2) is 18.2 Å². The largest absolute Gasteiger partial charge is 0.653 e. The van der Waals surface area contributed by atoms with Crippen LogP contribution in [0.5, 0.6) is 40.2 Å². The molecule has 8 aliphatic rings. The minimum atomic E-state index is -1.18. The number of carbonyl (C=O) groups excluding carboxylic acids is 2. The Morgan fingerprint density at radius 2 is 1.87 bits per heavy atom. The maximum atomic E-state index is 14.8. The number of hydrogen-bond acceptors (Lipinski definition) is 12. The number of benzene rings is 3. The molecule has 0 saturated carbocycles. The van der Waals surface area contributed by atoms with E-state index in [0.29, 0.717) is 54.5 Å². The van der Waals surface area contributed by atoms with Gasteiger partial charge in [0.2, 0.25) is 12.7 Å². The van der Waals surface area contributed by atoms with Gasteiger partial charge in [0.15, 0.2) is 34.5 Å². The molecule has 2 saturated heterocycles. The number of piperazine rings is 1. The topological polar surface area (TPSA) is 162 Å². The molecular weight excluding hydrogens is 689 g/mol. The monoisotopic (exact) mass is 729 g/mol. The van der Waals surface area contributed by atoms with Crippen LogP contribution in [0.2, 0.25) is 0 Å². The summed E-state index contributed by atoms with van der Waals surface area (Å²) >= 11 is 1.59. The fourth-order valence-electron chi connectivity index (χ4n) is 9.68. The molecule has 0 aliphatic carbocycles. The van der Waals surface area contributed by atoms with E-state index in [2.05, 4.69) is 21.6 Å². The lowest BCUT2D eigenvalue weighted by Crippen LogP contribution is -2.63. The SMILES string of the molecule is COc1cc2c(cc1O)CCN[C@]21CS[C@@H]2c3c(OC(C)=O)c(C)c4c(c3[C@H](CNC1=O)N1C3C[N-]C(c5c(cc(C)c(OC)c5O)C3)C21)OCO4. The predicted molar refractivity (Wildman–Crippen MR) is 191 cm³/mol. The van der Waals surface area contributed by atoms with Crippen molar-refractivity contribution in [3.8, 4) is 40.2 Å². The Morgan fingerprint density at radius 1 is 1.06 bits per heavy atom. The Balaban J connectivity index is 1.30. The molecule has 274 valence electrons. The second kappa shape index (κ2) is 12.1. The number of rotatable bonds is 3. The summed E-state index contributed by atoms with van der Waals surface area (Å²) in [5.74, 6) is 1.99. The number of ether oxygens (including phenoxy) is 5. The number of esters is 1.